The summed E-state index contributed by atoms with van der Waals surface area (Å²) in [4.78, 5) is 0. The van der Waals surface area contributed by atoms with Crippen molar-refractivity contribution in [2.75, 3.05) is 6.54 Å². The van der Waals surface area contributed by atoms with Crippen LogP contribution in [0.3, 0.4) is 0 Å². The van der Waals surface area contributed by atoms with E-state index in [9.17, 15) is 0 Å². The van der Waals surface area contributed by atoms with Crippen molar-refractivity contribution in [1.82, 2.24) is 5.32 Å². The van der Waals surface area contributed by atoms with Crippen LogP contribution >= 0.6 is 0 Å². The maximum Gasteiger partial charge on any atom is 0.00683 e. The van der Waals surface area contributed by atoms with Crippen molar-refractivity contribution < 1.29 is 0 Å². The number of nitrogens with one attached hydrogen (secondary N) is 1. The Balaban J connectivity index is 1.46. The van der Waals surface area contributed by atoms with Gasteiger partial charge in [-0.15, -0.1) is 0 Å². The quantitative estimate of drug-likeness (QED) is 0.856. The van der Waals surface area contributed by atoms with E-state index >= 15 is 0 Å². The topological polar surface area (TPSA) is 12.0 Å². The number of rotatable bonds is 5. The van der Waals surface area contributed by atoms with Crippen LogP contribution in [0.5, 0.6) is 0 Å². The Morgan fingerprint density at radius 1 is 0.850 bits per heavy atom. The van der Waals surface area contributed by atoms with E-state index in [-0.39, 0.29) is 0 Å². The highest BCUT2D eigenvalue weighted by atomic mass is 14.9. The molecule has 104 valence electrons. The maximum absolute atomic E-state index is 3.71. The minimum atomic E-state index is 0.855. The first kappa shape index (κ1) is 12.4. The maximum atomic E-state index is 3.71. The van der Waals surface area contributed by atoms with Crippen molar-refractivity contribution >= 4 is 10.8 Å². The molecule has 0 spiro atoms. The third kappa shape index (κ3) is 2.47. The number of hydrogen-bond acceptors (Lipinski definition) is 1. The van der Waals surface area contributed by atoms with Gasteiger partial charge in [-0.2, -0.15) is 0 Å². The van der Waals surface area contributed by atoms with Crippen LogP contribution in [0.4, 0.5) is 0 Å². The molecular weight excluding hydrogens is 242 g/mol. The third-order valence-electron chi connectivity index (χ3n) is 5.18. The van der Waals surface area contributed by atoms with Crippen LogP contribution in [0.1, 0.15) is 31.2 Å². The van der Waals surface area contributed by atoms with Crippen LogP contribution in [0.25, 0.3) is 10.8 Å². The fourth-order valence-corrected chi connectivity index (χ4v) is 3.53. The van der Waals surface area contributed by atoms with Crippen LogP contribution in [-0.4, -0.2) is 12.6 Å². The third-order valence-corrected chi connectivity index (χ3v) is 5.18. The first-order chi connectivity index (χ1) is 9.90. The molecule has 2 aromatic carbocycles. The van der Waals surface area contributed by atoms with Gasteiger partial charge < -0.3 is 5.32 Å². The van der Waals surface area contributed by atoms with Crippen LogP contribution in [0, 0.1) is 11.8 Å². The fourth-order valence-electron chi connectivity index (χ4n) is 3.53. The second-order valence-electron chi connectivity index (χ2n) is 6.62. The normalized spacial score (nSPS) is 25.6. The number of fused-ring (bicyclic) bond motifs is 1. The molecule has 0 radical (unpaired) electrons. The molecule has 0 aliphatic heterocycles. The van der Waals surface area contributed by atoms with Gasteiger partial charge in [-0.1, -0.05) is 42.5 Å². The summed E-state index contributed by atoms with van der Waals surface area (Å²) in [5.74, 6) is 1.81. The highest BCUT2D eigenvalue weighted by molar-refractivity contribution is 5.85. The molecule has 2 aromatic rings. The molecule has 2 unspecified atom stereocenters. The van der Waals surface area contributed by atoms with Crippen LogP contribution in [-0.2, 0) is 6.42 Å². The molecule has 0 saturated heterocycles. The molecule has 1 N–H and O–H groups in total. The van der Waals surface area contributed by atoms with Crippen LogP contribution in [0.2, 0.25) is 0 Å². The smallest absolute Gasteiger partial charge is 0.00683 e. The molecule has 0 heterocycles. The summed E-state index contributed by atoms with van der Waals surface area (Å²) >= 11 is 0. The van der Waals surface area contributed by atoms with Crippen molar-refractivity contribution in [3.8, 4) is 0 Å². The van der Waals surface area contributed by atoms with Gasteiger partial charge in [-0.25, -0.2) is 0 Å². The zero-order chi connectivity index (χ0) is 13.4. The van der Waals surface area contributed by atoms with E-state index in [0.717, 1.165) is 17.9 Å². The van der Waals surface area contributed by atoms with Crippen molar-refractivity contribution in [2.24, 2.45) is 11.8 Å². The molecule has 1 heteroatoms. The summed E-state index contributed by atoms with van der Waals surface area (Å²) in [6, 6.07) is 16.4. The molecule has 1 nitrogen and oxygen atoms in total. The van der Waals surface area contributed by atoms with Gasteiger partial charge in [0.25, 0.3) is 0 Å². The molecule has 2 aliphatic carbocycles. The van der Waals surface area contributed by atoms with E-state index in [0.29, 0.717) is 0 Å². The molecule has 2 atom stereocenters. The SMILES string of the molecule is c1ccc2c(CC3CCC3CNC3CC3)cccc2c1. The largest absolute Gasteiger partial charge is 0.314 e. The predicted octanol–water partition coefficient (Wildman–Crippen LogP) is 4.16. The number of benzene rings is 2. The summed E-state index contributed by atoms with van der Waals surface area (Å²) in [5, 5.41) is 6.55. The minimum Gasteiger partial charge on any atom is -0.314 e. The van der Waals surface area contributed by atoms with Gasteiger partial charge in [0, 0.05) is 6.04 Å². The Hall–Kier alpha value is -1.34. The summed E-state index contributed by atoms with van der Waals surface area (Å²) in [7, 11) is 0. The Labute approximate surface area is 121 Å². The Bertz CT molecular complexity index is 594. The molecule has 20 heavy (non-hydrogen) atoms. The van der Waals surface area contributed by atoms with Crippen molar-refractivity contribution in [3.63, 3.8) is 0 Å². The van der Waals surface area contributed by atoms with Gasteiger partial charge in [-0.05, 0) is 66.8 Å². The Morgan fingerprint density at radius 3 is 2.45 bits per heavy atom. The van der Waals surface area contributed by atoms with Gasteiger partial charge >= 0.3 is 0 Å². The van der Waals surface area contributed by atoms with Crippen molar-refractivity contribution in [2.45, 2.75) is 38.1 Å². The van der Waals surface area contributed by atoms with Crippen molar-refractivity contribution in [1.29, 1.82) is 0 Å². The van der Waals surface area contributed by atoms with Gasteiger partial charge in [-0.3, -0.25) is 0 Å². The molecule has 2 aliphatic rings. The molecule has 2 fully saturated rings. The van der Waals surface area contributed by atoms with Crippen LogP contribution < -0.4 is 5.32 Å². The number of hydrogen-bond donors (Lipinski definition) is 1. The summed E-state index contributed by atoms with van der Waals surface area (Å²) in [6.45, 7) is 1.25. The molecule has 4 rings (SSSR count). The first-order valence-electron chi connectivity index (χ1n) is 8.10. The lowest BCUT2D eigenvalue weighted by Crippen LogP contribution is -2.37. The lowest BCUT2D eigenvalue weighted by atomic mass is 9.70. The van der Waals surface area contributed by atoms with Gasteiger partial charge in [0.05, 0.1) is 0 Å². The molecule has 0 aromatic heterocycles. The lowest BCUT2D eigenvalue weighted by molar-refractivity contribution is 0.171. The first-order valence-corrected chi connectivity index (χ1v) is 8.10. The summed E-state index contributed by atoms with van der Waals surface area (Å²) in [6.07, 6.45) is 6.91. The van der Waals surface area contributed by atoms with Crippen LogP contribution in [0.15, 0.2) is 42.5 Å². The predicted molar refractivity (Wildman–Crippen MR) is 84.9 cm³/mol. The van der Waals surface area contributed by atoms with E-state index in [1.807, 2.05) is 0 Å². The summed E-state index contributed by atoms with van der Waals surface area (Å²) in [5.41, 5.74) is 1.55. The Morgan fingerprint density at radius 2 is 1.65 bits per heavy atom. The monoisotopic (exact) mass is 265 g/mol. The summed E-state index contributed by atoms with van der Waals surface area (Å²) < 4.78 is 0. The van der Waals surface area contributed by atoms with E-state index in [4.69, 9.17) is 0 Å². The zero-order valence-electron chi connectivity index (χ0n) is 12.0. The van der Waals surface area contributed by atoms with Crippen molar-refractivity contribution in [3.05, 3.63) is 48.0 Å². The highest BCUT2D eigenvalue weighted by Crippen LogP contribution is 2.38. The van der Waals surface area contributed by atoms with Gasteiger partial charge in [0.15, 0.2) is 0 Å². The minimum absolute atomic E-state index is 0.855. The standard InChI is InChI=1S/C19H23N/c1-2-7-19-14(4-1)5-3-6-16(19)12-15-8-9-17(15)13-20-18-10-11-18/h1-7,15,17-18,20H,8-13H2. The van der Waals surface area contributed by atoms with E-state index < -0.39 is 0 Å². The molecule has 0 bridgehead atoms. The fraction of sp³-hybridized carbons (Fsp3) is 0.474. The average Bonchev–Trinajstić information content (AvgIpc) is 3.28. The Kier molecular flexibility index (Phi) is 3.23. The highest BCUT2D eigenvalue weighted by Gasteiger charge is 2.32. The molecular formula is C19H23N. The van der Waals surface area contributed by atoms with E-state index in [1.54, 1.807) is 5.56 Å². The lowest BCUT2D eigenvalue weighted by Gasteiger charge is -2.37. The van der Waals surface area contributed by atoms with Gasteiger partial charge in [0.2, 0.25) is 0 Å². The average molecular weight is 265 g/mol. The second kappa shape index (κ2) is 5.21. The van der Waals surface area contributed by atoms with E-state index in [1.165, 1.54) is 49.4 Å². The molecule has 2 saturated carbocycles. The van der Waals surface area contributed by atoms with Gasteiger partial charge in [0.1, 0.15) is 0 Å². The second-order valence-corrected chi connectivity index (χ2v) is 6.62. The van der Waals surface area contributed by atoms with E-state index in [2.05, 4.69) is 47.8 Å². The molecule has 0 amide bonds. The zero-order valence-corrected chi connectivity index (χ0v) is 12.0.